The quantitative estimate of drug-likeness (QED) is 0.456. The van der Waals surface area contributed by atoms with Crippen LogP contribution in [0.2, 0.25) is 0 Å². The molecule has 1 aliphatic rings. The number of anilines is 1. The molecule has 0 bridgehead atoms. The first kappa shape index (κ1) is 17.7. The van der Waals surface area contributed by atoms with Gasteiger partial charge in [0.1, 0.15) is 17.1 Å². The molecule has 0 saturated heterocycles. The first-order valence-electron chi connectivity index (χ1n) is 7.62. The van der Waals surface area contributed by atoms with E-state index in [4.69, 9.17) is 4.74 Å². The highest BCUT2D eigenvalue weighted by Crippen LogP contribution is 2.28. The van der Waals surface area contributed by atoms with Crippen molar-refractivity contribution in [3.63, 3.8) is 0 Å². The van der Waals surface area contributed by atoms with Gasteiger partial charge in [-0.1, -0.05) is 6.92 Å². The molecule has 24 heavy (non-hydrogen) atoms. The fraction of sp³-hybridized carbons (Fsp3) is 0.353. The highest BCUT2D eigenvalue weighted by atomic mass is 19.1. The molecule has 7 heteroatoms. The summed E-state index contributed by atoms with van der Waals surface area (Å²) in [6.07, 6.45) is 0.332. The first-order valence-corrected chi connectivity index (χ1v) is 7.62. The highest BCUT2D eigenvalue weighted by Gasteiger charge is 2.35. The molecule has 2 rings (SSSR count). The van der Waals surface area contributed by atoms with Crippen LogP contribution in [0.25, 0.3) is 0 Å². The second-order valence-corrected chi connectivity index (χ2v) is 4.98. The van der Waals surface area contributed by atoms with Crippen molar-refractivity contribution in [1.29, 1.82) is 0 Å². The van der Waals surface area contributed by atoms with Gasteiger partial charge in [0.25, 0.3) is 5.91 Å². The molecule has 1 amide bonds. The number of hydrogen-bond donors (Lipinski definition) is 0. The topological polar surface area (TPSA) is 68.2 Å². The molecule has 6 nitrogen and oxygen atoms in total. The van der Waals surface area contributed by atoms with E-state index < -0.39 is 17.7 Å². The lowest BCUT2D eigenvalue weighted by molar-refractivity contribution is -0.139. The van der Waals surface area contributed by atoms with Crippen LogP contribution in [0.1, 0.15) is 26.7 Å². The van der Waals surface area contributed by atoms with Crippen molar-refractivity contribution in [1.82, 2.24) is 0 Å². The molecule has 0 atom stereocenters. The van der Waals surface area contributed by atoms with Crippen molar-refractivity contribution in [2.75, 3.05) is 18.7 Å². The van der Waals surface area contributed by atoms with Gasteiger partial charge in [-0.2, -0.15) is 10.1 Å². The molecule has 0 N–H and O–H groups in total. The molecule has 0 radical (unpaired) electrons. The fourth-order valence-corrected chi connectivity index (χ4v) is 2.34. The van der Waals surface area contributed by atoms with Gasteiger partial charge in [-0.3, -0.25) is 9.59 Å². The van der Waals surface area contributed by atoms with Crippen LogP contribution >= 0.6 is 0 Å². The van der Waals surface area contributed by atoms with Crippen molar-refractivity contribution in [3.8, 4) is 0 Å². The Morgan fingerprint density at radius 3 is 2.46 bits per heavy atom. The molecule has 0 aromatic heterocycles. The van der Waals surface area contributed by atoms with Gasteiger partial charge in [0.05, 0.1) is 31.5 Å². The number of hydrogen-bond acceptors (Lipinski definition) is 5. The molecule has 0 spiro atoms. The molecule has 1 heterocycles. The molecule has 128 valence electrons. The maximum atomic E-state index is 13.1. The summed E-state index contributed by atoms with van der Waals surface area (Å²) >= 11 is 0. The monoisotopic (exact) mass is 334 g/mol. The minimum atomic E-state index is -0.507. The van der Waals surface area contributed by atoms with Crippen LogP contribution < -0.4 is 5.01 Å². The molecule has 1 aromatic carbocycles. The molecule has 1 aromatic rings. The smallest absolute Gasteiger partial charge is 0.311 e. The van der Waals surface area contributed by atoms with E-state index in [0.717, 1.165) is 5.01 Å². The lowest BCUT2D eigenvalue weighted by atomic mass is 10.1. The van der Waals surface area contributed by atoms with Gasteiger partial charge in [0, 0.05) is 6.42 Å². The van der Waals surface area contributed by atoms with Crippen LogP contribution in [-0.4, -0.2) is 31.3 Å². The number of nitrogens with zero attached hydrogens (tertiary/aromatic N) is 2. The lowest BCUT2D eigenvalue weighted by Gasteiger charge is -2.13. The predicted octanol–water partition coefficient (Wildman–Crippen LogP) is 2.79. The summed E-state index contributed by atoms with van der Waals surface area (Å²) in [5, 5.41) is 5.37. The Labute approximate surface area is 139 Å². The SMILES string of the molecule is CCO/C(CC)=C1/C(=O)N(c2ccc(F)cc2)N=C1CC(=O)OC. The van der Waals surface area contributed by atoms with Crippen molar-refractivity contribution in [2.24, 2.45) is 5.10 Å². The van der Waals surface area contributed by atoms with Crippen LogP contribution in [0.3, 0.4) is 0 Å². The molecular weight excluding hydrogens is 315 g/mol. The normalized spacial score (nSPS) is 16.1. The van der Waals surface area contributed by atoms with Gasteiger partial charge < -0.3 is 9.47 Å². The van der Waals surface area contributed by atoms with E-state index in [9.17, 15) is 14.0 Å². The van der Waals surface area contributed by atoms with Crippen LogP contribution in [0.4, 0.5) is 10.1 Å². The molecular formula is C17H19FN2O4. The van der Waals surface area contributed by atoms with E-state index in [1.165, 1.54) is 31.4 Å². The predicted molar refractivity (Wildman–Crippen MR) is 86.9 cm³/mol. The third-order valence-corrected chi connectivity index (χ3v) is 3.44. The summed E-state index contributed by atoms with van der Waals surface area (Å²) in [5.41, 5.74) is 0.946. The molecule has 0 aliphatic carbocycles. The zero-order valence-corrected chi connectivity index (χ0v) is 13.8. The number of methoxy groups -OCH3 is 1. The first-order chi connectivity index (χ1) is 11.5. The molecule has 1 aliphatic heterocycles. The van der Waals surface area contributed by atoms with E-state index in [2.05, 4.69) is 9.84 Å². The second-order valence-electron chi connectivity index (χ2n) is 4.98. The van der Waals surface area contributed by atoms with Gasteiger partial charge in [0.15, 0.2) is 0 Å². The number of benzene rings is 1. The van der Waals surface area contributed by atoms with Crippen LogP contribution in [0.5, 0.6) is 0 Å². The number of esters is 1. The number of allylic oxidation sites excluding steroid dienone is 1. The Bertz CT molecular complexity index is 695. The molecule has 0 saturated carbocycles. The Morgan fingerprint density at radius 1 is 1.25 bits per heavy atom. The number of rotatable bonds is 6. The number of halogens is 1. The zero-order chi connectivity index (χ0) is 17.7. The van der Waals surface area contributed by atoms with E-state index in [0.29, 0.717) is 24.5 Å². The number of amides is 1. The van der Waals surface area contributed by atoms with Gasteiger partial charge in [-0.25, -0.2) is 4.39 Å². The number of hydrazone groups is 1. The second kappa shape index (κ2) is 7.72. The van der Waals surface area contributed by atoms with E-state index in [-0.39, 0.29) is 17.7 Å². The number of ether oxygens (including phenoxy) is 2. The lowest BCUT2D eigenvalue weighted by Crippen LogP contribution is -2.23. The average Bonchev–Trinajstić information content (AvgIpc) is 2.89. The standard InChI is InChI=1S/C17H19FN2O4/c1-4-14(24-5-2)16-13(10-15(21)23-3)19-20(17(16)22)12-8-6-11(18)7-9-12/h6-9H,4-5,10H2,1-3H3/b16-14+. The van der Waals surface area contributed by atoms with E-state index >= 15 is 0 Å². The molecule has 0 unspecified atom stereocenters. The Morgan fingerprint density at radius 2 is 1.92 bits per heavy atom. The van der Waals surface area contributed by atoms with Crippen molar-refractivity contribution in [3.05, 3.63) is 41.4 Å². The number of carbonyl (C=O) groups is 2. The third kappa shape index (κ3) is 3.61. The highest BCUT2D eigenvalue weighted by molar-refractivity contribution is 6.33. The van der Waals surface area contributed by atoms with E-state index in [1.807, 2.05) is 13.8 Å². The van der Waals surface area contributed by atoms with Crippen molar-refractivity contribution < 1.29 is 23.5 Å². The third-order valence-electron chi connectivity index (χ3n) is 3.44. The van der Waals surface area contributed by atoms with Crippen LogP contribution in [0, 0.1) is 5.82 Å². The number of carbonyl (C=O) groups excluding carboxylic acids is 2. The average molecular weight is 334 g/mol. The summed E-state index contributed by atoms with van der Waals surface area (Å²) in [7, 11) is 1.27. The van der Waals surface area contributed by atoms with Crippen molar-refractivity contribution >= 4 is 23.3 Å². The fourth-order valence-electron chi connectivity index (χ4n) is 2.34. The van der Waals surface area contributed by atoms with Gasteiger partial charge in [-0.05, 0) is 31.2 Å². The maximum Gasteiger partial charge on any atom is 0.311 e. The van der Waals surface area contributed by atoms with Crippen LogP contribution in [-0.2, 0) is 19.1 Å². The van der Waals surface area contributed by atoms with E-state index in [1.54, 1.807) is 0 Å². The van der Waals surface area contributed by atoms with Crippen molar-refractivity contribution in [2.45, 2.75) is 26.7 Å². The summed E-state index contributed by atoms with van der Waals surface area (Å²) in [6.45, 7) is 4.05. The zero-order valence-electron chi connectivity index (χ0n) is 13.8. The van der Waals surface area contributed by atoms with Gasteiger partial charge in [-0.15, -0.1) is 0 Å². The van der Waals surface area contributed by atoms with Crippen LogP contribution in [0.15, 0.2) is 40.7 Å². The Kier molecular flexibility index (Phi) is 5.68. The van der Waals surface area contributed by atoms with Gasteiger partial charge >= 0.3 is 5.97 Å². The molecule has 0 fully saturated rings. The minimum Gasteiger partial charge on any atom is -0.497 e. The largest absolute Gasteiger partial charge is 0.497 e. The summed E-state index contributed by atoms with van der Waals surface area (Å²) in [5.74, 6) is -0.865. The summed E-state index contributed by atoms with van der Waals surface area (Å²) < 4.78 is 23.3. The Balaban J connectivity index is 2.46. The summed E-state index contributed by atoms with van der Waals surface area (Å²) in [4.78, 5) is 24.4. The summed E-state index contributed by atoms with van der Waals surface area (Å²) in [6, 6.07) is 5.37. The maximum absolute atomic E-state index is 13.1. The Hall–Kier alpha value is -2.70. The minimum absolute atomic E-state index is 0.147. The van der Waals surface area contributed by atoms with Gasteiger partial charge in [0.2, 0.25) is 0 Å².